The fraction of sp³-hybridized carbons (Fsp3) is 0.227. The first-order chi connectivity index (χ1) is 15.5. The maximum atomic E-state index is 12.4. The zero-order valence-corrected chi connectivity index (χ0v) is 19.0. The molecule has 0 spiro atoms. The monoisotopic (exact) mass is 469 g/mol. The van der Waals surface area contributed by atoms with Gasteiger partial charge in [-0.05, 0) is 31.2 Å². The van der Waals surface area contributed by atoms with Crippen molar-refractivity contribution in [3.8, 4) is 11.4 Å². The number of carbonyl (C=O) groups is 1. The number of para-hydroxylation sites is 1. The molecule has 2 N–H and O–H groups in total. The number of hydrogen-bond donors (Lipinski definition) is 2. The van der Waals surface area contributed by atoms with E-state index in [1.54, 1.807) is 24.1 Å². The summed E-state index contributed by atoms with van der Waals surface area (Å²) in [5.41, 5.74) is 3.76. The van der Waals surface area contributed by atoms with Crippen LogP contribution in [0.2, 0.25) is 5.02 Å². The first kappa shape index (κ1) is 20.7. The Bertz CT molecular complexity index is 1310. The Hall–Kier alpha value is -3.14. The molecule has 1 aromatic carbocycles. The lowest BCUT2D eigenvalue weighted by atomic mass is 10.2. The van der Waals surface area contributed by atoms with Gasteiger partial charge in [0.2, 0.25) is 0 Å². The van der Waals surface area contributed by atoms with Crippen molar-refractivity contribution in [2.75, 3.05) is 25.6 Å². The standard InChI is InChI=1S/C22H20ClN5O3S/c1-12-17(27-20-16(23)4-3-5-18(20)30-2)6-13-8-24-28(21(13)25-12)15-7-19(32-11-15)22(29)26-14-9-31-10-14/h3-8,11,14,27H,9-10H2,1-2H3,(H,26,29). The van der Waals surface area contributed by atoms with Crippen LogP contribution >= 0.6 is 22.9 Å². The molecule has 3 aromatic heterocycles. The minimum Gasteiger partial charge on any atom is -0.495 e. The van der Waals surface area contributed by atoms with Crippen molar-refractivity contribution in [3.63, 3.8) is 0 Å². The van der Waals surface area contributed by atoms with Gasteiger partial charge in [0, 0.05) is 10.8 Å². The smallest absolute Gasteiger partial charge is 0.261 e. The number of rotatable bonds is 6. The Morgan fingerprint density at radius 1 is 1.34 bits per heavy atom. The van der Waals surface area contributed by atoms with Crippen molar-refractivity contribution in [1.82, 2.24) is 20.1 Å². The number of hydrogen-bond acceptors (Lipinski definition) is 7. The van der Waals surface area contributed by atoms with Crippen LogP contribution in [-0.2, 0) is 4.74 Å². The molecular weight excluding hydrogens is 450 g/mol. The number of aromatic nitrogens is 3. The Labute approximate surface area is 193 Å². The molecule has 0 radical (unpaired) electrons. The SMILES string of the molecule is COc1cccc(Cl)c1Nc1cc2cnn(-c3csc(C(=O)NC4COC4)c3)c2nc1C. The van der Waals surface area contributed by atoms with Crippen molar-refractivity contribution in [2.24, 2.45) is 0 Å². The van der Waals surface area contributed by atoms with E-state index in [1.165, 1.54) is 11.3 Å². The van der Waals surface area contributed by atoms with Gasteiger partial charge < -0.3 is 20.1 Å². The molecule has 1 saturated heterocycles. The zero-order chi connectivity index (χ0) is 22.2. The highest BCUT2D eigenvalue weighted by Gasteiger charge is 2.22. The normalized spacial score (nSPS) is 13.7. The van der Waals surface area contributed by atoms with Gasteiger partial charge in [-0.25, -0.2) is 9.67 Å². The minimum atomic E-state index is -0.102. The molecule has 0 bridgehead atoms. The summed E-state index contributed by atoms with van der Waals surface area (Å²) in [5, 5.41) is 14.1. The van der Waals surface area contributed by atoms with Crippen molar-refractivity contribution in [3.05, 3.63) is 57.5 Å². The number of fused-ring (bicyclic) bond motifs is 1. The summed E-state index contributed by atoms with van der Waals surface area (Å²) in [6.07, 6.45) is 1.75. The molecule has 8 nitrogen and oxygen atoms in total. The summed E-state index contributed by atoms with van der Waals surface area (Å²) in [5.74, 6) is 0.542. The molecule has 4 aromatic rings. The van der Waals surface area contributed by atoms with Gasteiger partial charge in [-0.2, -0.15) is 5.10 Å². The maximum Gasteiger partial charge on any atom is 0.261 e. The number of pyridine rings is 1. The van der Waals surface area contributed by atoms with E-state index >= 15 is 0 Å². The zero-order valence-electron chi connectivity index (χ0n) is 17.4. The number of methoxy groups -OCH3 is 1. The average molecular weight is 470 g/mol. The van der Waals surface area contributed by atoms with Crippen LogP contribution in [0.3, 0.4) is 0 Å². The van der Waals surface area contributed by atoms with Gasteiger partial charge in [-0.1, -0.05) is 17.7 Å². The third-order valence-corrected chi connectivity index (χ3v) is 6.45. The van der Waals surface area contributed by atoms with Gasteiger partial charge in [-0.15, -0.1) is 11.3 Å². The number of carbonyl (C=O) groups excluding carboxylic acids is 1. The molecule has 32 heavy (non-hydrogen) atoms. The number of ether oxygens (including phenoxy) is 2. The highest BCUT2D eigenvalue weighted by molar-refractivity contribution is 7.12. The molecule has 164 valence electrons. The summed E-state index contributed by atoms with van der Waals surface area (Å²) in [6, 6.07) is 9.36. The van der Waals surface area contributed by atoms with Gasteiger partial charge in [-0.3, -0.25) is 4.79 Å². The second kappa shape index (κ2) is 8.42. The minimum absolute atomic E-state index is 0.0885. The van der Waals surface area contributed by atoms with Crippen LogP contribution in [0.5, 0.6) is 5.75 Å². The third-order valence-electron chi connectivity index (χ3n) is 5.22. The molecule has 1 aliphatic heterocycles. The molecule has 1 fully saturated rings. The van der Waals surface area contributed by atoms with Gasteiger partial charge in [0.25, 0.3) is 5.91 Å². The lowest BCUT2D eigenvalue weighted by Crippen LogP contribution is -2.48. The summed E-state index contributed by atoms with van der Waals surface area (Å²) in [7, 11) is 1.60. The predicted octanol–water partition coefficient (Wildman–Crippen LogP) is 4.32. The van der Waals surface area contributed by atoms with E-state index in [1.807, 2.05) is 36.6 Å². The topological polar surface area (TPSA) is 90.3 Å². The van der Waals surface area contributed by atoms with Gasteiger partial charge in [0.1, 0.15) is 11.4 Å². The lowest BCUT2D eigenvalue weighted by molar-refractivity contribution is -0.00338. The van der Waals surface area contributed by atoms with Crippen LogP contribution < -0.4 is 15.4 Å². The molecule has 0 unspecified atom stereocenters. The molecule has 4 heterocycles. The summed E-state index contributed by atoms with van der Waals surface area (Å²) in [6.45, 7) is 3.04. The van der Waals surface area contributed by atoms with Crippen LogP contribution in [0.15, 0.2) is 41.9 Å². The molecule has 1 aliphatic rings. The van der Waals surface area contributed by atoms with E-state index in [4.69, 9.17) is 26.1 Å². The van der Waals surface area contributed by atoms with Crippen LogP contribution in [-0.4, -0.2) is 47.0 Å². The summed E-state index contributed by atoms with van der Waals surface area (Å²) in [4.78, 5) is 17.8. The van der Waals surface area contributed by atoms with Crippen LogP contribution in [0, 0.1) is 6.92 Å². The number of nitrogens with one attached hydrogen (secondary N) is 2. The van der Waals surface area contributed by atoms with Crippen LogP contribution in [0.4, 0.5) is 11.4 Å². The Morgan fingerprint density at radius 3 is 2.94 bits per heavy atom. The first-order valence-corrected chi connectivity index (χ1v) is 11.2. The van der Waals surface area contributed by atoms with E-state index in [9.17, 15) is 4.79 Å². The molecule has 10 heteroatoms. The maximum absolute atomic E-state index is 12.4. The predicted molar refractivity (Wildman–Crippen MR) is 125 cm³/mol. The second-order valence-electron chi connectivity index (χ2n) is 7.41. The van der Waals surface area contributed by atoms with Gasteiger partial charge in [0.15, 0.2) is 5.65 Å². The molecule has 0 aliphatic carbocycles. The van der Waals surface area contributed by atoms with Crippen molar-refractivity contribution < 1.29 is 14.3 Å². The van der Waals surface area contributed by atoms with E-state index in [0.29, 0.717) is 40.2 Å². The number of aryl methyl sites for hydroxylation is 1. The van der Waals surface area contributed by atoms with Crippen molar-refractivity contribution in [2.45, 2.75) is 13.0 Å². The number of halogens is 1. The largest absolute Gasteiger partial charge is 0.495 e. The molecule has 5 rings (SSSR count). The number of benzene rings is 1. The fourth-order valence-electron chi connectivity index (χ4n) is 3.43. The second-order valence-corrected chi connectivity index (χ2v) is 8.73. The van der Waals surface area contributed by atoms with Crippen molar-refractivity contribution >= 4 is 51.3 Å². The van der Waals surface area contributed by atoms with Crippen LogP contribution in [0.25, 0.3) is 16.7 Å². The summed E-state index contributed by atoms with van der Waals surface area (Å²) < 4.78 is 12.3. The highest BCUT2D eigenvalue weighted by Crippen LogP contribution is 2.36. The quantitative estimate of drug-likeness (QED) is 0.437. The molecule has 0 saturated carbocycles. The van der Waals surface area contributed by atoms with Crippen LogP contribution in [0.1, 0.15) is 15.4 Å². The highest BCUT2D eigenvalue weighted by atomic mass is 35.5. The lowest BCUT2D eigenvalue weighted by Gasteiger charge is -2.26. The summed E-state index contributed by atoms with van der Waals surface area (Å²) >= 11 is 7.74. The average Bonchev–Trinajstić information content (AvgIpc) is 3.39. The number of nitrogens with zero attached hydrogens (tertiary/aromatic N) is 3. The number of amides is 1. The van der Waals surface area contributed by atoms with Gasteiger partial charge in [0.05, 0.1) is 59.5 Å². The van der Waals surface area contributed by atoms with Gasteiger partial charge >= 0.3 is 0 Å². The fourth-order valence-corrected chi connectivity index (χ4v) is 4.41. The third kappa shape index (κ3) is 3.79. The molecule has 0 atom stereocenters. The van der Waals surface area contributed by atoms with E-state index < -0.39 is 0 Å². The van der Waals surface area contributed by atoms with Crippen molar-refractivity contribution in [1.29, 1.82) is 0 Å². The van der Waals surface area contributed by atoms with E-state index in [0.717, 1.165) is 22.5 Å². The molecule has 1 amide bonds. The Kier molecular flexibility index (Phi) is 5.46. The Morgan fingerprint density at radius 2 is 2.19 bits per heavy atom. The number of anilines is 2. The van der Waals surface area contributed by atoms with E-state index in [-0.39, 0.29) is 11.9 Å². The first-order valence-electron chi connectivity index (χ1n) is 9.96. The number of thiophene rings is 1. The Balaban J connectivity index is 1.44. The van der Waals surface area contributed by atoms with E-state index in [2.05, 4.69) is 15.7 Å². The molecular formula is C22H20ClN5O3S.